The van der Waals surface area contributed by atoms with Crippen molar-refractivity contribution in [3.8, 4) is 0 Å². The van der Waals surface area contributed by atoms with Crippen LogP contribution >= 0.6 is 24.0 Å². The fourth-order valence-electron chi connectivity index (χ4n) is 3.40. The van der Waals surface area contributed by atoms with E-state index in [0.29, 0.717) is 0 Å². The van der Waals surface area contributed by atoms with Gasteiger partial charge in [-0.2, -0.15) is 0 Å². The first-order valence-corrected chi connectivity index (χ1v) is 9.85. The minimum Gasteiger partial charge on any atom is -0.469 e. The summed E-state index contributed by atoms with van der Waals surface area (Å²) in [7, 11) is 0. The third-order valence-electron chi connectivity index (χ3n) is 5.00. The van der Waals surface area contributed by atoms with Crippen molar-refractivity contribution in [1.82, 2.24) is 15.1 Å². The summed E-state index contributed by atoms with van der Waals surface area (Å²) < 4.78 is 10.8. The number of morpholine rings is 1. The molecule has 2 saturated heterocycles. The summed E-state index contributed by atoms with van der Waals surface area (Å²) in [6.45, 7) is 8.16. The van der Waals surface area contributed by atoms with E-state index >= 15 is 0 Å². The fourth-order valence-corrected chi connectivity index (χ4v) is 3.40. The third-order valence-corrected chi connectivity index (χ3v) is 5.00. The number of halogens is 1. The summed E-state index contributed by atoms with van der Waals surface area (Å²) in [5.41, 5.74) is 0. The van der Waals surface area contributed by atoms with Gasteiger partial charge in [-0.25, -0.2) is 0 Å². The second-order valence-corrected chi connectivity index (χ2v) is 6.99. The molecule has 3 rings (SSSR count). The number of hydrogen-bond donors (Lipinski definition) is 2. The molecule has 27 heavy (non-hydrogen) atoms. The molecule has 7 nitrogen and oxygen atoms in total. The molecule has 2 aliphatic rings. The molecular weight excluding hydrogens is 459 g/mol. The average Bonchev–Trinajstić information content (AvgIpc) is 3.19. The standard InChI is InChI=1S/C19H32N4O3.HI/c24-17-5-10-23(11-6-17)19(21-8-4-18-3-1-14-26-18)20-7-2-9-22-12-15-25-16-13-22;/h1,3,14,17,24H,2,4-13,15-16H2,(H,20,21);1H. The van der Waals surface area contributed by atoms with Crippen molar-refractivity contribution < 1.29 is 14.3 Å². The maximum absolute atomic E-state index is 9.75. The predicted octanol–water partition coefficient (Wildman–Crippen LogP) is 1.56. The molecule has 0 aliphatic carbocycles. The minimum absolute atomic E-state index is 0. The number of nitrogens with zero attached hydrogens (tertiary/aromatic N) is 3. The smallest absolute Gasteiger partial charge is 0.193 e. The lowest BCUT2D eigenvalue weighted by atomic mass is 10.1. The van der Waals surface area contributed by atoms with Crippen LogP contribution in [0.4, 0.5) is 0 Å². The van der Waals surface area contributed by atoms with Gasteiger partial charge in [0.1, 0.15) is 5.76 Å². The van der Waals surface area contributed by atoms with E-state index in [9.17, 15) is 5.11 Å². The van der Waals surface area contributed by atoms with E-state index in [0.717, 1.165) is 96.4 Å². The number of aliphatic hydroxyl groups excluding tert-OH is 1. The predicted molar refractivity (Wildman–Crippen MR) is 117 cm³/mol. The van der Waals surface area contributed by atoms with E-state index in [1.54, 1.807) is 6.26 Å². The van der Waals surface area contributed by atoms with Crippen LogP contribution in [0, 0.1) is 0 Å². The number of nitrogens with one attached hydrogen (secondary N) is 1. The van der Waals surface area contributed by atoms with E-state index in [1.165, 1.54) is 0 Å². The molecule has 0 spiro atoms. The van der Waals surface area contributed by atoms with E-state index in [2.05, 4.69) is 15.1 Å². The first-order chi connectivity index (χ1) is 12.8. The molecule has 0 unspecified atom stereocenters. The monoisotopic (exact) mass is 492 g/mol. The number of rotatable bonds is 7. The minimum atomic E-state index is -0.170. The SMILES string of the molecule is I.OC1CCN(C(=NCCCN2CCOCC2)NCCc2ccco2)CC1. The molecule has 154 valence electrons. The third kappa shape index (κ3) is 7.97. The number of guanidine groups is 1. The summed E-state index contributed by atoms with van der Waals surface area (Å²) in [6.07, 6.45) is 5.06. The van der Waals surface area contributed by atoms with Crippen LogP contribution in [0.3, 0.4) is 0 Å². The Labute approximate surface area is 179 Å². The maximum atomic E-state index is 9.75. The normalized spacial score (nSPS) is 19.7. The number of aliphatic hydroxyl groups is 1. The van der Waals surface area contributed by atoms with Gasteiger partial charge in [0.15, 0.2) is 5.96 Å². The lowest BCUT2D eigenvalue weighted by Gasteiger charge is -2.32. The van der Waals surface area contributed by atoms with Crippen LogP contribution in [0.2, 0.25) is 0 Å². The van der Waals surface area contributed by atoms with E-state index in [4.69, 9.17) is 14.1 Å². The van der Waals surface area contributed by atoms with Crippen LogP contribution in [-0.2, 0) is 11.2 Å². The van der Waals surface area contributed by atoms with Crippen molar-refractivity contribution in [3.05, 3.63) is 24.2 Å². The van der Waals surface area contributed by atoms with Crippen molar-refractivity contribution >= 4 is 29.9 Å². The molecule has 0 saturated carbocycles. The highest BCUT2D eigenvalue weighted by molar-refractivity contribution is 14.0. The van der Waals surface area contributed by atoms with Gasteiger partial charge >= 0.3 is 0 Å². The maximum Gasteiger partial charge on any atom is 0.193 e. The number of likely N-dealkylation sites (tertiary alicyclic amines) is 1. The van der Waals surface area contributed by atoms with Gasteiger partial charge in [0.2, 0.25) is 0 Å². The van der Waals surface area contributed by atoms with E-state index in [-0.39, 0.29) is 30.1 Å². The highest BCUT2D eigenvalue weighted by atomic mass is 127. The summed E-state index contributed by atoms with van der Waals surface area (Å²) in [4.78, 5) is 9.55. The second kappa shape index (κ2) is 12.6. The zero-order valence-corrected chi connectivity index (χ0v) is 18.3. The molecule has 1 aromatic rings. The van der Waals surface area contributed by atoms with E-state index < -0.39 is 0 Å². The Morgan fingerprint density at radius 2 is 2.00 bits per heavy atom. The van der Waals surface area contributed by atoms with Crippen LogP contribution in [0.1, 0.15) is 25.0 Å². The molecule has 1 aromatic heterocycles. The Hall–Kier alpha value is -0.840. The van der Waals surface area contributed by atoms with Crippen molar-refractivity contribution in [2.45, 2.75) is 31.8 Å². The van der Waals surface area contributed by atoms with Gasteiger partial charge in [-0.3, -0.25) is 9.89 Å². The molecule has 0 atom stereocenters. The average molecular weight is 492 g/mol. The van der Waals surface area contributed by atoms with Crippen molar-refractivity contribution in [2.24, 2.45) is 4.99 Å². The quantitative estimate of drug-likeness (QED) is 0.261. The van der Waals surface area contributed by atoms with E-state index in [1.807, 2.05) is 12.1 Å². The number of piperidine rings is 1. The number of ether oxygens (including phenoxy) is 1. The first kappa shape index (κ1) is 22.4. The molecule has 2 fully saturated rings. The lowest BCUT2D eigenvalue weighted by molar-refractivity contribution is 0.0377. The van der Waals surface area contributed by atoms with Crippen molar-refractivity contribution in [3.63, 3.8) is 0 Å². The molecule has 0 amide bonds. The van der Waals surface area contributed by atoms with Gasteiger partial charge in [-0.1, -0.05) is 0 Å². The molecule has 0 bridgehead atoms. The Morgan fingerprint density at radius 3 is 2.70 bits per heavy atom. The van der Waals surface area contributed by atoms with Gasteiger partial charge in [0.25, 0.3) is 0 Å². The Bertz CT molecular complexity index is 527. The molecule has 8 heteroatoms. The summed E-state index contributed by atoms with van der Waals surface area (Å²) in [6, 6.07) is 3.92. The van der Waals surface area contributed by atoms with Crippen molar-refractivity contribution in [1.29, 1.82) is 0 Å². The van der Waals surface area contributed by atoms with Crippen molar-refractivity contribution in [2.75, 3.05) is 59.0 Å². The second-order valence-electron chi connectivity index (χ2n) is 6.99. The zero-order chi connectivity index (χ0) is 18.0. The van der Waals surface area contributed by atoms with Crippen LogP contribution in [-0.4, -0.2) is 86.0 Å². The largest absolute Gasteiger partial charge is 0.469 e. The molecule has 0 aromatic carbocycles. The van der Waals surface area contributed by atoms with Gasteiger partial charge < -0.3 is 24.5 Å². The summed E-state index contributed by atoms with van der Waals surface area (Å²) in [5, 5.41) is 13.2. The highest BCUT2D eigenvalue weighted by Gasteiger charge is 2.20. The Balaban J connectivity index is 0.00000261. The molecule has 2 aliphatic heterocycles. The Morgan fingerprint density at radius 1 is 1.22 bits per heavy atom. The van der Waals surface area contributed by atoms with Gasteiger partial charge in [-0.15, -0.1) is 24.0 Å². The Kier molecular flexibility index (Phi) is 10.5. The molecule has 3 heterocycles. The topological polar surface area (TPSA) is 73.5 Å². The van der Waals surface area contributed by atoms with Crippen LogP contribution in [0.15, 0.2) is 27.8 Å². The van der Waals surface area contributed by atoms with Gasteiger partial charge in [0, 0.05) is 52.2 Å². The lowest BCUT2D eigenvalue weighted by Crippen LogP contribution is -2.47. The molecule has 2 N–H and O–H groups in total. The number of furan rings is 1. The number of aliphatic imine (C=N–C) groups is 1. The molecular formula is C19H33IN4O3. The van der Waals surface area contributed by atoms with Gasteiger partial charge in [-0.05, 0) is 31.4 Å². The first-order valence-electron chi connectivity index (χ1n) is 9.85. The highest BCUT2D eigenvalue weighted by Crippen LogP contribution is 2.10. The summed E-state index contributed by atoms with van der Waals surface area (Å²) >= 11 is 0. The number of hydrogen-bond acceptors (Lipinski definition) is 5. The van der Waals surface area contributed by atoms with Crippen LogP contribution < -0.4 is 5.32 Å². The fraction of sp³-hybridized carbons (Fsp3) is 0.737. The zero-order valence-electron chi connectivity index (χ0n) is 16.0. The summed E-state index contributed by atoms with van der Waals surface area (Å²) in [5.74, 6) is 1.95. The van der Waals surface area contributed by atoms with Crippen LogP contribution in [0.25, 0.3) is 0 Å². The van der Waals surface area contributed by atoms with Crippen LogP contribution in [0.5, 0.6) is 0 Å². The van der Waals surface area contributed by atoms with Gasteiger partial charge in [0.05, 0.1) is 25.6 Å². The molecule has 0 radical (unpaired) electrons.